The van der Waals surface area contributed by atoms with E-state index in [9.17, 15) is 13.2 Å². The fourth-order valence-electron chi connectivity index (χ4n) is 3.09. The van der Waals surface area contributed by atoms with Crippen molar-refractivity contribution in [3.63, 3.8) is 0 Å². The molecule has 1 fully saturated rings. The van der Waals surface area contributed by atoms with Crippen molar-refractivity contribution in [2.75, 3.05) is 47.0 Å². The van der Waals surface area contributed by atoms with Crippen LogP contribution in [0.2, 0.25) is 0 Å². The molecular formula is C19H29F3N4O2. The van der Waals surface area contributed by atoms with Gasteiger partial charge in [0.05, 0.1) is 13.2 Å². The van der Waals surface area contributed by atoms with Gasteiger partial charge in [0.2, 0.25) is 0 Å². The topological polar surface area (TPSA) is 58.1 Å². The van der Waals surface area contributed by atoms with E-state index in [2.05, 4.69) is 15.6 Å². The first-order chi connectivity index (χ1) is 13.3. The Hall–Kier alpha value is -2.00. The van der Waals surface area contributed by atoms with Gasteiger partial charge in [-0.05, 0) is 25.0 Å². The summed E-state index contributed by atoms with van der Waals surface area (Å²) in [5, 5.41) is 6.42. The molecule has 28 heavy (non-hydrogen) atoms. The first-order valence-electron chi connectivity index (χ1n) is 9.28. The molecule has 158 valence electrons. The smallest absolute Gasteiger partial charge is 0.401 e. The molecule has 1 aliphatic heterocycles. The third kappa shape index (κ3) is 7.55. The highest BCUT2D eigenvalue weighted by atomic mass is 19.4. The number of methoxy groups -OCH3 is 1. The van der Waals surface area contributed by atoms with Gasteiger partial charge in [0.15, 0.2) is 5.96 Å². The minimum absolute atomic E-state index is 0.0657. The van der Waals surface area contributed by atoms with Crippen molar-refractivity contribution < 1.29 is 22.6 Å². The molecule has 1 aliphatic rings. The molecular weight excluding hydrogens is 373 g/mol. The Kier molecular flexibility index (Phi) is 8.37. The molecule has 6 nitrogen and oxygen atoms in total. The zero-order valence-electron chi connectivity index (χ0n) is 16.6. The summed E-state index contributed by atoms with van der Waals surface area (Å²) in [6.07, 6.45) is -3.52. The van der Waals surface area contributed by atoms with Gasteiger partial charge < -0.3 is 20.1 Å². The van der Waals surface area contributed by atoms with E-state index >= 15 is 0 Å². The number of alkyl halides is 3. The highest BCUT2D eigenvalue weighted by Crippen LogP contribution is 2.21. The fourth-order valence-corrected chi connectivity index (χ4v) is 3.09. The summed E-state index contributed by atoms with van der Waals surface area (Å²) < 4.78 is 48.4. The summed E-state index contributed by atoms with van der Waals surface area (Å²) in [6.45, 7) is 3.33. The van der Waals surface area contributed by atoms with E-state index in [1.165, 1.54) is 4.90 Å². The SMILES string of the molecule is CN=C(NCc1ccc(C)cc1OCCOC)NC1CCN(CC(F)(F)F)C1. The quantitative estimate of drug-likeness (QED) is 0.397. The van der Waals surface area contributed by atoms with E-state index in [-0.39, 0.29) is 6.04 Å². The van der Waals surface area contributed by atoms with Gasteiger partial charge in [-0.1, -0.05) is 12.1 Å². The Morgan fingerprint density at radius 3 is 2.79 bits per heavy atom. The summed E-state index contributed by atoms with van der Waals surface area (Å²) in [4.78, 5) is 5.59. The lowest BCUT2D eigenvalue weighted by Crippen LogP contribution is -2.44. The molecule has 0 saturated carbocycles. The molecule has 1 unspecified atom stereocenters. The zero-order chi connectivity index (χ0) is 20.6. The summed E-state index contributed by atoms with van der Waals surface area (Å²) >= 11 is 0. The Bertz CT molecular complexity index is 653. The standard InChI is InChI=1S/C19H29F3N4O2/c1-14-4-5-15(17(10-14)28-9-8-27-3)11-24-18(23-2)25-16-6-7-26(12-16)13-19(20,21)22/h4-5,10,16H,6-9,11-13H2,1-3H3,(H2,23,24,25). The first kappa shape index (κ1) is 22.3. The molecule has 2 rings (SSSR count). The van der Waals surface area contributed by atoms with Gasteiger partial charge in [-0.15, -0.1) is 0 Å². The summed E-state index contributed by atoms with van der Waals surface area (Å²) in [7, 11) is 3.26. The number of nitrogens with one attached hydrogen (secondary N) is 2. The summed E-state index contributed by atoms with van der Waals surface area (Å²) in [5.41, 5.74) is 2.06. The molecule has 1 atom stereocenters. The van der Waals surface area contributed by atoms with E-state index in [4.69, 9.17) is 9.47 Å². The lowest BCUT2D eigenvalue weighted by molar-refractivity contribution is -0.143. The normalized spacial score (nSPS) is 18.4. The number of aliphatic imine (C=N–C) groups is 1. The minimum Gasteiger partial charge on any atom is -0.491 e. The average Bonchev–Trinajstić information content (AvgIpc) is 3.05. The lowest BCUT2D eigenvalue weighted by atomic mass is 10.1. The highest BCUT2D eigenvalue weighted by molar-refractivity contribution is 5.80. The van der Waals surface area contributed by atoms with Crippen LogP contribution in [0, 0.1) is 6.92 Å². The number of hydrogen-bond acceptors (Lipinski definition) is 4. The van der Waals surface area contributed by atoms with E-state index in [0.717, 1.165) is 16.9 Å². The van der Waals surface area contributed by atoms with Crippen LogP contribution in [0.3, 0.4) is 0 Å². The molecule has 2 N–H and O–H groups in total. The largest absolute Gasteiger partial charge is 0.491 e. The maximum Gasteiger partial charge on any atom is 0.401 e. The van der Waals surface area contributed by atoms with E-state index in [1.807, 2.05) is 25.1 Å². The van der Waals surface area contributed by atoms with Crippen molar-refractivity contribution in [1.82, 2.24) is 15.5 Å². The van der Waals surface area contributed by atoms with Gasteiger partial charge in [0, 0.05) is 45.4 Å². The van der Waals surface area contributed by atoms with Crippen LogP contribution >= 0.6 is 0 Å². The van der Waals surface area contributed by atoms with Crippen molar-refractivity contribution in [2.45, 2.75) is 32.1 Å². The van der Waals surface area contributed by atoms with Crippen LogP contribution < -0.4 is 15.4 Å². The van der Waals surface area contributed by atoms with Crippen LogP contribution in [-0.2, 0) is 11.3 Å². The predicted molar refractivity (Wildman–Crippen MR) is 103 cm³/mol. The van der Waals surface area contributed by atoms with E-state index in [1.54, 1.807) is 14.2 Å². The Morgan fingerprint density at radius 1 is 1.32 bits per heavy atom. The van der Waals surface area contributed by atoms with Crippen molar-refractivity contribution in [3.05, 3.63) is 29.3 Å². The Balaban J connectivity index is 1.87. The zero-order valence-corrected chi connectivity index (χ0v) is 16.6. The Morgan fingerprint density at radius 2 is 2.11 bits per heavy atom. The van der Waals surface area contributed by atoms with Gasteiger partial charge in [-0.2, -0.15) is 13.2 Å². The number of rotatable bonds is 8. The van der Waals surface area contributed by atoms with Gasteiger partial charge in [-0.3, -0.25) is 9.89 Å². The number of nitrogens with zero attached hydrogens (tertiary/aromatic N) is 2. The summed E-state index contributed by atoms with van der Waals surface area (Å²) in [5.74, 6) is 1.33. The molecule has 0 spiro atoms. The van der Waals surface area contributed by atoms with Gasteiger partial charge in [0.25, 0.3) is 0 Å². The van der Waals surface area contributed by atoms with Crippen LogP contribution in [0.5, 0.6) is 5.75 Å². The first-order valence-corrected chi connectivity index (χ1v) is 9.28. The minimum atomic E-state index is -4.17. The van der Waals surface area contributed by atoms with Crippen LogP contribution in [0.15, 0.2) is 23.2 Å². The maximum atomic E-state index is 12.5. The average molecular weight is 402 g/mol. The Labute approximate surface area is 164 Å². The molecule has 1 saturated heterocycles. The van der Waals surface area contributed by atoms with Gasteiger partial charge >= 0.3 is 6.18 Å². The second kappa shape index (κ2) is 10.5. The molecule has 0 aromatic heterocycles. The highest BCUT2D eigenvalue weighted by Gasteiger charge is 2.34. The van der Waals surface area contributed by atoms with Gasteiger partial charge in [-0.25, -0.2) is 0 Å². The number of halogens is 3. The molecule has 1 aromatic carbocycles. The van der Waals surface area contributed by atoms with Crippen molar-refractivity contribution in [2.24, 2.45) is 4.99 Å². The number of guanidine groups is 1. The maximum absolute atomic E-state index is 12.5. The predicted octanol–water partition coefficient (Wildman–Crippen LogP) is 2.32. The number of hydrogen-bond donors (Lipinski definition) is 2. The third-order valence-electron chi connectivity index (χ3n) is 4.45. The third-order valence-corrected chi connectivity index (χ3v) is 4.45. The lowest BCUT2D eigenvalue weighted by Gasteiger charge is -2.20. The number of aryl methyl sites for hydroxylation is 1. The number of ether oxygens (including phenoxy) is 2. The van der Waals surface area contributed by atoms with Crippen LogP contribution in [-0.4, -0.2) is 70.1 Å². The molecule has 0 bridgehead atoms. The van der Waals surface area contributed by atoms with Crippen molar-refractivity contribution in [3.8, 4) is 5.75 Å². The van der Waals surface area contributed by atoms with Crippen LogP contribution in [0.25, 0.3) is 0 Å². The second-order valence-electron chi connectivity index (χ2n) is 6.86. The fraction of sp³-hybridized carbons (Fsp3) is 0.632. The van der Waals surface area contributed by atoms with E-state index in [0.29, 0.717) is 45.2 Å². The second-order valence-corrected chi connectivity index (χ2v) is 6.86. The molecule has 1 aromatic rings. The molecule has 1 heterocycles. The molecule has 0 amide bonds. The van der Waals surface area contributed by atoms with Crippen molar-refractivity contribution in [1.29, 1.82) is 0 Å². The van der Waals surface area contributed by atoms with E-state index < -0.39 is 12.7 Å². The number of benzene rings is 1. The monoisotopic (exact) mass is 402 g/mol. The molecule has 0 radical (unpaired) electrons. The van der Waals surface area contributed by atoms with Gasteiger partial charge in [0.1, 0.15) is 12.4 Å². The summed E-state index contributed by atoms with van der Waals surface area (Å²) in [6, 6.07) is 5.89. The van der Waals surface area contributed by atoms with Crippen LogP contribution in [0.4, 0.5) is 13.2 Å². The molecule has 9 heteroatoms. The van der Waals surface area contributed by atoms with Crippen LogP contribution in [0.1, 0.15) is 17.5 Å². The van der Waals surface area contributed by atoms with Crippen molar-refractivity contribution >= 4 is 5.96 Å². The molecule has 0 aliphatic carbocycles. The number of likely N-dealkylation sites (tertiary alicyclic amines) is 1.